The standard InChI is InChI=1S/C20H24F3N5O4S/c1-27(2)10-11-28(3)33(30,31)15-7-5-14(6-8-15)32-17-9-4-13(18(29)26-19(24)25)12-16(17)20(21,22)23/h4-9,12H,10-11H2,1-3H3,(H4,24,25,26,29). The number of carbonyl (C=O) groups is 1. The van der Waals surface area contributed by atoms with Gasteiger partial charge in [0, 0.05) is 25.7 Å². The topological polar surface area (TPSA) is 131 Å². The van der Waals surface area contributed by atoms with Crippen LogP contribution >= 0.6 is 0 Å². The summed E-state index contributed by atoms with van der Waals surface area (Å²) >= 11 is 0. The molecule has 1 amide bonds. The molecule has 0 bridgehead atoms. The average Bonchev–Trinajstić information content (AvgIpc) is 2.71. The first-order chi connectivity index (χ1) is 15.2. The number of likely N-dealkylation sites (N-methyl/N-ethyl adjacent to an activating group) is 2. The number of halogens is 3. The van der Waals surface area contributed by atoms with Gasteiger partial charge in [-0.25, -0.2) is 8.42 Å². The predicted molar refractivity (Wildman–Crippen MR) is 116 cm³/mol. The van der Waals surface area contributed by atoms with Crippen LogP contribution in [0.3, 0.4) is 0 Å². The van der Waals surface area contributed by atoms with E-state index in [0.29, 0.717) is 12.6 Å². The molecule has 0 aliphatic carbocycles. The van der Waals surface area contributed by atoms with Gasteiger partial charge in [0.1, 0.15) is 11.5 Å². The van der Waals surface area contributed by atoms with Crippen LogP contribution in [0.15, 0.2) is 52.4 Å². The Kier molecular flexibility index (Phi) is 8.06. The molecule has 0 fully saturated rings. The third-order valence-electron chi connectivity index (χ3n) is 4.38. The number of ether oxygens (including phenoxy) is 1. The highest BCUT2D eigenvalue weighted by atomic mass is 32.2. The molecule has 180 valence electrons. The van der Waals surface area contributed by atoms with Crippen LogP contribution in [0.5, 0.6) is 11.5 Å². The van der Waals surface area contributed by atoms with Gasteiger partial charge in [0.25, 0.3) is 5.91 Å². The van der Waals surface area contributed by atoms with Gasteiger partial charge in [0.2, 0.25) is 10.0 Å². The molecule has 2 aromatic rings. The van der Waals surface area contributed by atoms with E-state index in [-0.39, 0.29) is 22.8 Å². The van der Waals surface area contributed by atoms with Crippen molar-refractivity contribution in [1.82, 2.24) is 9.21 Å². The van der Waals surface area contributed by atoms with Gasteiger partial charge in [-0.3, -0.25) is 4.79 Å². The van der Waals surface area contributed by atoms with E-state index in [4.69, 9.17) is 16.2 Å². The van der Waals surface area contributed by atoms with Gasteiger partial charge in [-0.1, -0.05) is 0 Å². The number of nitrogens with zero attached hydrogens (tertiary/aromatic N) is 3. The Morgan fingerprint density at radius 2 is 1.64 bits per heavy atom. The van der Waals surface area contributed by atoms with Gasteiger partial charge < -0.3 is 21.1 Å². The predicted octanol–water partition coefficient (Wildman–Crippen LogP) is 2.09. The Labute approximate surface area is 189 Å². The second kappa shape index (κ2) is 10.2. The van der Waals surface area contributed by atoms with Gasteiger partial charge in [-0.2, -0.15) is 22.5 Å². The molecule has 0 aliphatic rings. The van der Waals surface area contributed by atoms with Crippen LogP contribution in [0.25, 0.3) is 0 Å². The molecule has 2 rings (SSSR count). The number of alkyl halides is 3. The summed E-state index contributed by atoms with van der Waals surface area (Å²) in [6.07, 6.45) is -4.85. The van der Waals surface area contributed by atoms with Crippen LogP contribution in [-0.2, 0) is 16.2 Å². The second-order valence-electron chi connectivity index (χ2n) is 7.25. The molecule has 33 heavy (non-hydrogen) atoms. The monoisotopic (exact) mass is 487 g/mol. The number of hydrogen-bond acceptors (Lipinski definition) is 5. The summed E-state index contributed by atoms with van der Waals surface area (Å²) in [6, 6.07) is 7.57. The van der Waals surface area contributed by atoms with E-state index < -0.39 is 39.4 Å². The zero-order valence-corrected chi connectivity index (χ0v) is 18.9. The first-order valence-corrected chi connectivity index (χ1v) is 10.9. The van der Waals surface area contributed by atoms with Gasteiger partial charge in [0.15, 0.2) is 5.96 Å². The van der Waals surface area contributed by atoms with E-state index in [1.54, 1.807) is 0 Å². The van der Waals surface area contributed by atoms with E-state index >= 15 is 0 Å². The first-order valence-electron chi connectivity index (χ1n) is 9.46. The number of guanidine groups is 1. The number of benzene rings is 2. The fraction of sp³-hybridized carbons (Fsp3) is 0.300. The largest absolute Gasteiger partial charge is 0.457 e. The van der Waals surface area contributed by atoms with Crippen molar-refractivity contribution in [3.8, 4) is 11.5 Å². The van der Waals surface area contributed by atoms with Crippen molar-refractivity contribution in [2.24, 2.45) is 16.5 Å². The Hall–Kier alpha value is -3.16. The zero-order valence-electron chi connectivity index (χ0n) is 18.1. The van der Waals surface area contributed by atoms with Crippen LogP contribution in [0.1, 0.15) is 15.9 Å². The summed E-state index contributed by atoms with van der Waals surface area (Å²) in [5, 5.41) is 0. The number of nitrogens with two attached hydrogens (primary N) is 2. The first kappa shape index (κ1) is 26.1. The summed E-state index contributed by atoms with van der Waals surface area (Å²) < 4.78 is 72.4. The minimum Gasteiger partial charge on any atom is -0.457 e. The minimum atomic E-state index is -4.85. The molecule has 0 atom stereocenters. The van der Waals surface area contributed by atoms with Crippen LogP contribution in [-0.4, -0.2) is 63.7 Å². The maximum atomic E-state index is 13.5. The molecule has 0 heterocycles. The van der Waals surface area contributed by atoms with Gasteiger partial charge in [-0.05, 0) is 56.6 Å². The molecule has 0 unspecified atom stereocenters. The molecule has 9 nitrogen and oxygen atoms in total. The number of amides is 1. The number of sulfonamides is 1. The van der Waals surface area contributed by atoms with E-state index in [0.717, 1.165) is 12.1 Å². The molecule has 4 N–H and O–H groups in total. The third kappa shape index (κ3) is 6.91. The van der Waals surface area contributed by atoms with Crippen molar-refractivity contribution in [2.75, 3.05) is 34.2 Å². The normalized spacial score (nSPS) is 12.1. The van der Waals surface area contributed by atoms with Crippen molar-refractivity contribution < 1.29 is 31.1 Å². The van der Waals surface area contributed by atoms with Crippen molar-refractivity contribution in [3.63, 3.8) is 0 Å². The molecule has 0 radical (unpaired) electrons. The maximum Gasteiger partial charge on any atom is 0.420 e. The third-order valence-corrected chi connectivity index (χ3v) is 6.26. The molecular weight excluding hydrogens is 463 g/mol. The average molecular weight is 488 g/mol. The lowest BCUT2D eigenvalue weighted by atomic mass is 10.1. The molecule has 0 saturated heterocycles. The Morgan fingerprint density at radius 3 is 2.15 bits per heavy atom. The molecule has 0 aliphatic heterocycles. The lowest BCUT2D eigenvalue weighted by Crippen LogP contribution is -2.33. The van der Waals surface area contributed by atoms with E-state index in [9.17, 15) is 26.4 Å². The van der Waals surface area contributed by atoms with Gasteiger partial charge in [-0.15, -0.1) is 0 Å². The highest BCUT2D eigenvalue weighted by Gasteiger charge is 2.35. The quantitative estimate of drug-likeness (QED) is 0.431. The van der Waals surface area contributed by atoms with Crippen LogP contribution in [0.4, 0.5) is 13.2 Å². The van der Waals surface area contributed by atoms with Crippen molar-refractivity contribution in [2.45, 2.75) is 11.1 Å². The molecule has 2 aromatic carbocycles. The summed E-state index contributed by atoms with van der Waals surface area (Å²) in [5.74, 6) is -2.24. The highest BCUT2D eigenvalue weighted by Crippen LogP contribution is 2.39. The van der Waals surface area contributed by atoms with Crippen LogP contribution < -0.4 is 16.2 Å². The van der Waals surface area contributed by atoms with Gasteiger partial charge in [0.05, 0.1) is 10.5 Å². The van der Waals surface area contributed by atoms with Crippen molar-refractivity contribution >= 4 is 21.9 Å². The summed E-state index contributed by atoms with van der Waals surface area (Å²) in [4.78, 5) is 16.9. The molecule has 13 heteroatoms. The number of hydrogen-bond donors (Lipinski definition) is 2. The lowest BCUT2D eigenvalue weighted by Gasteiger charge is -2.19. The fourth-order valence-electron chi connectivity index (χ4n) is 2.60. The molecule has 0 aromatic heterocycles. The fourth-order valence-corrected chi connectivity index (χ4v) is 3.76. The Balaban J connectivity index is 2.30. The Bertz CT molecular complexity index is 1130. The molecule has 0 saturated carbocycles. The SMILES string of the molecule is CN(C)CCN(C)S(=O)(=O)c1ccc(Oc2ccc(C(=O)N=C(N)N)cc2C(F)(F)F)cc1. The highest BCUT2D eigenvalue weighted by molar-refractivity contribution is 7.89. The van der Waals surface area contributed by atoms with Crippen LogP contribution in [0.2, 0.25) is 0 Å². The van der Waals surface area contributed by atoms with Gasteiger partial charge >= 0.3 is 6.18 Å². The lowest BCUT2D eigenvalue weighted by molar-refractivity contribution is -0.138. The summed E-state index contributed by atoms with van der Waals surface area (Å²) in [5.41, 5.74) is 8.57. The molecule has 0 spiro atoms. The zero-order chi connectivity index (χ0) is 25.0. The second-order valence-corrected chi connectivity index (χ2v) is 9.30. The summed E-state index contributed by atoms with van der Waals surface area (Å²) in [6.45, 7) is 0.770. The summed E-state index contributed by atoms with van der Waals surface area (Å²) in [7, 11) is 1.28. The van der Waals surface area contributed by atoms with E-state index in [1.165, 1.54) is 35.6 Å². The minimum absolute atomic E-state index is 0.0290. The van der Waals surface area contributed by atoms with E-state index in [2.05, 4.69) is 4.99 Å². The van der Waals surface area contributed by atoms with Crippen LogP contribution in [0, 0.1) is 0 Å². The smallest absolute Gasteiger partial charge is 0.420 e. The Morgan fingerprint density at radius 1 is 1.03 bits per heavy atom. The number of aliphatic imine (C=N–C) groups is 1. The number of carbonyl (C=O) groups excluding carboxylic acids is 1. The van der Waals surface area contributed by atoms with Crippen molar-refractivity contribution in [1.29, 1.82) is 0 Å². The maximum absolute atomic E-state index is 13.5. The van der Waals surface area contributed by atoms with E-state index in [1.807, 2.05) is 19.0 Å². The molecular formula is C20H24F3N5O4S. The van der Waals surface area contributed by atoms with Crippen molar-refractivity contribution in [3.05, 3.63) is 53.6 Å². The number of rotatable bonds is 8.